The van der Waals surface area contributed by atoms with Crippen LogP contribution in [0, 0.1) is 0 Å². The van der Waals surface area contributed by atoms with E-state index in [2.05, 4.69) is 22.2 Å². The van der Waals surface area contributed by atoms with E-state index in [0.29, 0.717) is 11.5 Å². The van der Waals surface area contributed by atoms with Crippen LogP contribution in [0.25, 0.3) is 16.9 Å². The van der Waals surface area contributed by atoms with Crippen molar-refractivity contribution in [2.75, 3.05) is 5.32 Å². The van der Waals surface area contributed by atoms with E-state index in [1.807, 2.05) is 40.9 Å². The van der Waals surface area contributed by atoms with E-state index in [0.717, 1.165) is 30.5 Å². The van der Waals surface area contributed by atoms with Gasteiger partial charge in [0.15, 0.2) is 0 Å². The zero-order chi connectivity index (χ0) is 17.2. The third-order valence-electron chi connectivity index (χ3n) is 4.56. The Bertz CT molecular complexity index is 891. The van der Waals surface area contributed by atoms with Gasteiger partial charge in [-0.3, -0.25) is 14.2 Å². The Kier molecular flexibility index (Phi) is 4.19. The smallest absolute Gasteiger partial charge is 0.254 e. The molecule has 25 heavy (non-hydrogen) atoms. The fraction of sp³-hybridized carbons (Fsp3) is 0.316. The lowest BCUT2D eigenvalue weighted by Crippen LogP contribution is -2.28. The molecule has 1 saturated heterocycles. The third-order valence-corrected chi connectivity index (χ3v) is 4.56. The van der Waals surface area contributed by atoms with Crippen molar-refractivity contribution in [1.29, 1.82) is 0 Å². The van der Waals surface area contributed by atoms with Gasteiger partial charge in [0.05, 0.1) is 6.10 Å². The zero-order valence-electron chi connectivity index (χ0n) is 14.1. The van der Waals surface area contributed by atoms with Crippen molar-refractivity contribution in [2.24, 2.45) is 0 Å². The molecule has 1 fully saturated rings. The number of aromatic nitrogens is 3. The molecule has 1 N–H and O–H groups in total. The summed E-state index contributed by atoms with van der Waals surface area (Å²) in [6.45, 7) is 2.08. The number of imidazole rings is 1. The standard InChI is InChI=1S/C19H20N4O2/c1-2-14-8-9-15(25-14)19(24)22-18-17(13-6-5-10-20-12-13)21-16-7-3-4-11-23(16)18/h3-7,10-12,14-15H,2,8-9H2,1H3,(H,22,24). The Hall–Kier alpha value is -2.73. The monoisotopic (exact) mass is 336 g/mol. The molecule has 0 radical (unpaired) electrons. The summed E-state index contributed by atoms with van der Waals surface area (Å²) in [5, 5.41) is 3.03. The average molecular weight is 336 g/mol. The fourth-order valence-electron chi connectivity index (χ4n) is 3.22. The maximum Gasteiger partial charge on any atom is 0.254 e. The first kappa shape index (κ1) is 15.8. The van der Waals surface area contributed by atoms with Crippen molar-refractivity contribution in [3.63, 3.8) is 0 Å². The van der Waals surface area contributed by atoms with E-state index < -0.39 is 6.10 Å². The minimum Gasteiger partial charge on any atom is -0.365 e. The number of nitrogens with zero attached hydrogens (tertiary/aromatic N) is 3. The van der Waals surface area contributed by atoms with Crippen molar-refractivity contribution >= 4 is 17.4 Å². The van der Waals surface area contributed by atoms with Crippen LogP contribution in [0.15, 0.2) is 48.9 Å². The summed E-state index contributed by atoms with van der Waals surface area (Å²) in [5.41, 5.74) is 2.34. The summed E-state index contributed by atoms with van der Waals surface area (Å²) in [6, 6.07) is 9.54. The molecule has 4 rings (SSSR count). The number of carbonyl (C=O) groups is 1. The normalized spacial score (nSPS) is 20.0. The van der Waals surface area contributed by atoms with Gasteiger partial charge in [-0.25, -0.2) is 4.98 Å². The molecule has 1 amide bonds. The zero-order valence-corrected chi connectivity index (χ0v) is 14.1. The molecule has 1 aliphatic rings. The Morgan fingerprint density at radius 2 is 2.24 bits per heavy atom. The average Bonchev–Trinajstić information content (AvgIpc) is 3.28. The van der Waals surface area contributed by atoms with E-state index in [1.54, 1.807) is 12.4 Å². The number of hydrogen-bond acceptors (Lipinski definition) is 4. The van der Waals surface area contributed by atoms with Gasteiger partial charge in [-0.2, -0.15) is 0 Å². The summed E-state index contributed by atoms with van der Waals surface area (Å²) in [6.07, 6.45) is 7.74. The molecule has 0 aromatic carbocycles. The van der Waals surface area contributed by atoms with Gasteiger partial charge in [0.25, 0.3) is 5.91 Å². The molecule has 0 spiro atoms. The Balaban J connectivity index is 1.69. The maximum atomic E-state index is 12.7. The van der Waals surface area contributed by atoms with Crippen LogP contribution in [-0.2, 0) is 9.53 Å². The summed E-state index contributed by atoms with van der Waals surface area (Å²) >= 11 is 0. The van der Waals surface area contributed by atoms with Crippen LogP contribution in [0.2, 0.25) is 0 Å². The molecule has 4 heterocycles. The van der Waals surface area contributed by atoms with Gasteiger partial charge >= 0.3 is 0 Å². The van der Waals surface area contributed by atoms with Gasteiger partial charge in [0.1, 0.15) is 23.3 Å². The molecule has 2 unspecified atom stereocenters. The van der Waals surface area contributed by atoms with Crippen LogP contribution in [0.3, 0.4) is 0 Å². The van der Waals surface area contributed by atoms with E-state index in [9.17, 15) is 4.79 Å². The Morgan fingerprint density at radius 3 is 3.00 bits per heavy atom. The van der Waals surface area contributed by atoms with E-state index in [-0.39, 0.29) is 12.0 Å². The van der Waals surface area contributed by atoms with E-state index >= 15 is 0 Å². The number of nitrogens with one attached hydrogen (secondary N) is 1. The first-order chi connectivity index (χ1) is 12.3. The van der Waals surface area contributed by atoms with Crippen LogP contribution in [0.1, 0.15) is 26.2 Å². The largest absolute Gasteiger partial charge is 0.365 e. The summed E-state index contributed by atoms with van der Waals surface area (Å²) in [4.78, 5) is 21.5. The second-order valence-corrected chi connectivity index (χ2v) is 6.20. The first-order valence-electron chi connectivity index (χ1n) is 8.60. The molecule has 0 bridgehead atoms. The molecule has 3 aromatic heterocycles. The fourth-order valence-corrected chi connectivity index (χ4v) is 3.22. The molecule has 1 aliphatic heterocycles. The minimum atomic E-state index is -0.402. The molecular weight excluding hydrogens is 316 g/mol. The van der Waals surface area contributed by atoms with Gasteiger partial charge in [0, 0.05) is 24.2 Å². The first-order valence-corrected chi connectivity index (χ1v) is 8.60. The number of anilines is 1. The second-order valence-electron chi connectivity index (χ2n) is 6.20. The molecule has 0 saturated carbocycles. The minimum absolute atomic E-state index is 0.119. The number of fused-ring (bicyclic) bond motifs is 1. The third kappa shape index (κ3) is 3.00. The number of ether oxygens (including phenoxy) is 1. The van der Waals surface area contributed by atoms with E-state index in [4.69, 9.17) is 4.74 Å². The summed E-state index contributed by atoms with van der Waals surface area (Å²) in [5.74, 6) is 0.531. The topological polar surface area (TPSA) is 68.5 Å². The van der Waals surface area contributed by atoms with E-state index in [1.165, 1.54) is 0 Å². The molecular formula is C19H20N4O2. The Morgan fingerprint density at radius 1 is 1.32 bits per heavy atom. The molecule has 0 aliphatic carbocycles. The number of rotatable bonds is 4. The lowest BCUT2D eigenvalue weighted by Gasteiger charge is -2.13. The Labute approximate surface area is 145 Å². The SMILES string of the molecule is CCC1CCC(C(=O)Nc2c(-c3cccnc3)nc3ccccn23)O1. The van der Waals surface area contributed by atoms with Gasteiger partial charge in [-0.15, -0.1) is 0 Å². The quantitative estimate of drug-likeness (QED) is 0.794. The van der Waals surface area contributed by atoms with Crippen molar-refractivity contribution in [1.82, 2.24) is 14.4 Å². The van der Waals surface area contributed by atoms with Crippen molar-refractivity contribution in [2.45, 2.75) is 38.4 Å². The van der Waals surface area contributed by atoms with Gasteiger partial charge in [-0.05, 0) is 43.5 Å². The van der Waals surface area contributed by atoms with Crippen LogP contribution in [0.4, 0.5) is 5.82 Å². The number of pyridine rings is 2. The van der Waals surface area contributed by atoms with Crippen LogP contribution >= 0.6 is 0 Å². The van der Waals surface area contributed by atoms with Gasteiger partial charge < -0.3 is 10.1 Å². The predicted octanol–water partition coefficient (Wildman–Crippen LogP) is 3.29. The summed E-state index contributed by atoms with van der Waals surface area (Å²) < 4.78 is 7.71. The van der Waals surface area contributed by atoms with Crippen LogP contribution in [0.5, 0.6) is 0 Å². The number of amides is 1. The molecule has 128 valence electrons. The van der Waals surface area contributed by atoms with Crippen LogP contribution in [-0.4, -0.2) is 32.5 Å². The highest BCUT2D eigenvalue weighted by Gasteiger charge is 2.30. The summed E-state index contributed by atoms with van der Waals surface area (Å²) in [7, 11) is 0. The van der Waals surface area contributed by atoms with Crippen molar-refractivity contribution in [3.05, 3.63) is 48.9 Å². The highest BCUT2D eigenvalue weighted by Crippen LogP contribution is 2.29. The molecule has 6 nitrogen and oxygen atoms in total. The highest BCUT2D eigenvalue weighted by molar-refractivity contribution is 5.97. The number of carbonyl (C=O) groups excluding carboxylic acids is 1. The highest BCUT2D eigenvalue weighted by atomic mass is 16.5. The lowest BCUT2D eigenvalue weighted by molar-refractivity contribution is -0.126. The van der Waals surface area contributed by atoms with Crippen molar-refractivity contribution in [3.8, 4) is 11.3 Å². The molecule has 2 atom stereocenters. The molecule has 3 aromatic rings. The predicted molar refractivity (Wildman–Crippen MR) is 95.2 cm³/mol. The van der Waals surface area contributed by atoms with Crippen LogP contribution < -0.4 is 5.32 Å². The molecule has 6 heteroatoms. The second kappa shape index (κ2) is 6.64. The van der Waals surface area contributed by atoms with Crippen molar-refractivity contribution < 1.29 is 9.53 Å². The maximum absolute atomic E-state index is 12.7. The lowest BCUT2D eigenvalue weighted by atomic mass is 10.1. The van der Waals surface area contributed by atoms with Gasteiger partial charge in [-0.1, -0.05) is 13.0 Å². The van der Waals surface area contributed by atoms with Gasteiger partial charge in [0.2, 0.25) is 0 Å². The number of hydrogen-bond donors (Lipinski definition) is 1.